The average Bonchev–Trinajstić information content (AvgIpc) is 3.31. The second kappa shape index (κ2) is 10.0. The fourth-order valence-corrected chi connectivity index (χ4v) is 3.63. The van der Waals surface area contributed by atoms with Gasteiger partial charge in [0, 0.05) is 23.2 Å². The van der Waals surface area contributed by atoms with Gasteiger partial charge in [0.2, 0.25) is 0 Å². The fraction of sp³-hybridized carbons (Fsp3) is 0.364. The van der Waals surface area contributed by atoms with E-state index in [-0.39, 0.29) is 6.10 Å². The van der Waals surface area contributed by atoms with Crippen molar-refractivity contribution in [2.24, 2.45) is 0 Å². The number of carbonyl (C=O) groups excluding carboxylic acids is 2. The lowest BCUT2D eigenvalue weighted by Crippen LogP contribution is -2.21. The van der Waals surface area contributed by atoms with Crippen LogP contribution in [0.2, 0.25) is 0 Å². The van der Waals surface area contributed by atoms with Crippen LogP contribution in [0.15, 0.2) is 40.9 Å². The molecule has 164 valence electrons. The Bertz CT molecular complexity index is 942. The number of carbonyl (C=O) groups is 2. The summed E-state index contributed by atoms with van der Waals surface area (Å²) in [5.74, 6) is 0.729. The molecule has 0 spiro atoms. The van der Waals surface area contributed by atoms with Gasteiger partial charge in [-0.1, -0.05) is 0 Å². The van der Waals surface area contributed by atoms with Crippen molar-refractivity contribution in [2.75, 3.05) is 38.4 Å². The van der Waals surface area contributed by atoms with Gasteiger partial charge in [-0.15, -0.1) is 0 Å². The molecule has 0 bridgehead atoms. The minimum atomic E-state index is -0.595. The van der Waals surface area contributed by atoms with Gasteiger partial charge in [-0.2, -0.15) is 0 Å². The second-order valence-corrected chi connectivity index (χ2v) is 7.92. The van der Waals surface area contributed by atoms with Crippen molar-refractivity contribution in [1.29, 1.82) is 0 Å². The van der Waals surface area contributed by atoms with E-state index in [0.29, 0.717) is 52.8 Å². The third-order valence-electron chi connectivity index (χ3n) is 4.79. The molecule has 2 aliphatic rings. The molecule has 2 aromatic rings. The largest absolute Gasteiger partial charge is 0.491 e. The van der Waals surface area contributed by atoms with Crippen molar-refractivity contribution in [3.63, 3.8) is 0 Å². The number of fused-ring (bicyclic) bond motifs is 1. The molecule has 0 unspecified atom stereocenters. The third-order valence-corrected chi connectivity index (χ3v) is 5.45. The summed E-state index contributed by atoms with van der Waals surface area (Å²) in [6, 6.07) is 9.97. The van der Waals surface area contributed by atoms with Gasteiger partial charge >= 0.3 is 5.97 Å². The van der Waals surface area contributed by atoms with E-state index in [1.807, 2.05) is 0 Å². The van der Waals surface area contributed by atoms with Crippen LogP contribution in [0.5, 0.6) is 17.2 Å². The van der Waals surface area contributed by atoms with Crippen molar-refractivity contribution >= 4 is 33.5 Å². The Morgan fingerprint density at radius 3 is 2.52 bits per heavy atom. The normalized spacial score (nSPS) is 17.1. The fourth-order valence-electron chi connectivity index (χ4n) is 3.21. The molecule has 8 nitrogen and oxygen atoms in total. The molecule has 4 rings (SSSR count). The summed E-state index contributed by atoms with van der Waals surface area (Å²) in [4.78, 5) is 24.5. The average molecular weight is 492 g/mol. The highest BCUT2D eigenvalue weighted by molar-refractivity contribution is 9.10. The number of esters is 1. The first-order valence-electron chi connectivity index (χ1n) is 9.99. The lowest BCUT2D eigenvalue weighted by atomic mass is 10.2. The second-order valence-electron chi connectivity index (χ2n) is 7.07. The molecular weight excluding hydrogens is 470 g/mol. The summed E-state index contributed by atoms with van der Waals surface area (Å²) in [6.45, 7) is 1.76. The smallest absolute Gasteiger partial charge is 0.338 e. The molecule has 0 radical (unpaired) electrons. The lowest BCUT2D eigenvalue weighted by Gasteiger charge is -2.20. The quantitative estimate of drug-likeness (QED) is 0.591. The molecule has 1 saturated heterocycles. The van der Waals surface area contributed by atoms with E-state index in [2.05, 4.69) is 21.2 Å². The van der Waals surface area contributed by atoms with Gasteiger partial charge in [-0.05, 0) is 53.0 Å². The lowest BCUT2D eigenvalue weighted by molar-refractivity contribution is -0.119. The van der Waals surface area contributed by atoms with E-state index in [1.165, 1.54) is 0 Å². The summed E-state index contributed by atoms with van der Waals surface area (Å²) >= 11 is 3.38. The van der Waals surface area contributed by atoms with Crippen LogP contribution in [0.4, 0.5) is 5.69 Å². The van der Waals surface area contributed by atoms with Crippen LogP contribution in [0.3, 0.4) is 0 Å². The summed E-state index contributed by atoms with van der Waals surface area (Å²) in [7, 11) is 0. The maximum absolute atomic E-state index is 12.2. The monoisotopic (exact) mass is 491 g/mol. The van der Waals surface area contributed by atoms with Crippen molar-refractivity contribution in [3.8, 4) is 17.2 Å². The Labute approximate surface area is 187 Å². The van der Waals surface area contributed by atoms with E-state index in [9.17, 15) is 9.59 Å². The summed E-state index contributed by atoms with van der Waals surface area (Å²) in [5.41, 5.74) is 0.829. The molecule has 2 aromatic carbocycles. The number of rotatable bonds is 7. The van der Waals surface area contributed by atoms with Crippen LogP contribution >= 0.6 is 15.9 Å². The molecule has 0 aromatic heterocycles. The van der Waals surface area contributed by atoms with Gasteiger partial charge in [0.15, 0.2) is 18.1 Å². The molecule has 2 aliphatic heterocycles. The number of anilines is 1. The minimum Gasteiger partial charge on any atom is -0.491 e. The van der Waals surface area contributed by atoms with E-state index >= 15 is 0 Å². The van der Waals surface area contributed by atoms with Crippen LogP contribution in [-0.4, -0.2) is 51.0 Å². The Balaban J connectivity index is 1.26. The third kappa shape index (κ3) is 5.68. The highest BCUT2D eigenvalue weighted by atomic mass is 79.9. The molecule has 1 atom stereocenters. The Kier molecular flexibility index (Phi) is 6.93. The van der Waals surface area contributed by atoms with Crippen molar-refractivity contribution in [3.05, 3.63) is 46.4 Å². The van der Waals surface area contributed by atoms with Crippen LogP contribution in [0, 0.1) is 0 Å². The molecule has 2 heterocycles. The molecule has 1 amide bonds. The number of halogens is 1. The van der Waals surface area contributed by atoms with Gasteiger partial charge in [-0.25, -0.2) is 4.79 Å². The molecule has 0 saturated carbocycles. The molecular formula is C22H22BrNO7. The topological polar surface area (TPSA) is 92.3 Å². The predicted octanol–water partition coefficient (Wildman–Crippen LogP) is 3.57. The van der Waals surface area contributed by atoms with E-state index in [4.69, 9.17) is 23.7 Å². The van der Waals surface area contributed by atoms with Gasteiger partial charge in [0.05, 0.1) is 17.4 Å². The first kappa shape index (κ1) is 21.5. The Morgan fingerprint density at radius 1 is 1.06 bits per heavy atom. The van der Waals surface area contributed by atoms with Crippen LogP contribution in [-0.2, 0) is 14.3 Å². The van der Waals surface area contributed by atoms with Crippen LogP contribution in [0.25, 0.3) is 0 Å². The molecule has 9 heteroatoms. The zero-order valence-corrected chi connectivity index (χ0v) is 18.3. The predicted molar refractivity (Wildman–Crippen MR) is 115 cm³/mol. The number of hydrogen-bond donors (Lipinski definition) is 1. The van der Waals surface area contributed by atoms with Gasteiger partial charge in [0.25, 0.3) is 5.91 Å². The van der Waals surface area contributed by atoms with E-state index in [0.717, 1.165) is 19.4 Å². The minimum absolute atomic E-state index is 0.123. The first-order chi connectivity index (χ1) is 15.1. The maximum Gasteiger partial charge on any atom is 0.338 e. The molecule has 0 aliphatic carbocycles. The first-order valence-corrected chi connectivity index (χ1v) is 10.8. The molecule has 1 fully saturated rings. The summed E-state index contributed by atoms with van der Waals surface area (Å²) in [6.07, 6.45) is 2.17. The Morgan fingerprint density at radius 2 is 1.81 bits per heavy atom. The molecule has 31 heavy (non-hydrogen) atoms. The highest BCUT2D eigenvalue weighted by Crippen LogP contribution is 2.38. The number of nitrogens with one attached hydrogen (secondary N) is 1. The van der Waals surface area contributed by atoms with Crippen molar-refractivity contribution in [2.45, 2.75) is 18.9 Å². The zero-order valence-electron chi connectivity index (χ0n) is 16.7. The van der Waals surface area contributed by atoms with Gasteiger partial charge in [-0.3, -0.25) is 4.79 Å². The number of benzene rings is 2. The van der Waals surface area contributed by atoms with Crippen molar-refractivity contribution in [1.82, 2.24) is 0 Å². The summed E-state index contributed by atoms with van der Waals surface area (Å²) in [5, 5.41) is 2.69. The number of ether oxygens (including phenoxy) is 5. The van der Waals surface area contributed by atoms with Crippen LogP contribution in [0.1, 0.15) is 23.2 Å². The molecule has 1 N–H and O–H groups in total. The standard InChI is InChI=1S/C22H22BrNO7/c23-17-10-19-20(29-9-8-28-19)11-18(17)24-21(25)13-31-22(26)14-3-5-15(6-4-14)30-12-16-2-1-7-27-16/h3-6,10-11,16H,1-2,7-9,12-13H2,(H,24,25)/t16-/m1/s1. The Hall–Kier alpha value is -2.78. The SMILES string of the molecule is O=C(COC(=O)c1ccc(OC[C@H]2CCCO2)cc1)Nc1cc2c(cc1Br)OCCO2. The van der Waals surface area contributed by atoms with Gasteiger partial charge < -0.3 is 29.0 Å². The summed E-state index contributed by atoms with van der Waals surface area (Å²) < 4.78 is 27.9. The van der Waals surface area contributed by atoms with Gasteiger partial charge in [0.1, 0.15) is 25.6 Å². The maximum atomic E-state index is 12.2. The number of amides is 1. The zero-order chi connectivity index (χ0) is 21.6. The van der Waals surface area contributed by atoms with Crippen LogP contribution < -0.4 is 19.5 Å². The number of hydrogen-bond acceptors (Lipinski definition) is 7. The highest BCUT2D eigenvalue weighted by Gasteiger charge is 2.18. The van der Waals surface area contributed by atoms with E-state index in [1.54, 1.807) is 36.4 Å². The van der Waals surface area contributed by atoms with Crippen molar-refractivity contribution < 1.29 is 33.3 Å². The van der Waals surface area contributed by atoms with E-state index < -0.39 is 18.5 Å².